The first kappa shape index (κ1) is 23.0. The maximum absolute atomic E-state index is 13.3. The number of carbonyl (C=O) groups excluding carboxylic acids is 1. The van der Waals surface area contributed by atoms with Crippen LogP contribution in [0, 0.1) is 11.7 Å². The molecule has 31 heavy (non-hydrogen) atoms. The van der Waals surface area contributed by atoms with Gasteiger partial charge in [-0.2, -0.15) is 0 Å². The molecular formula is C23H28FN3O3S. The lowest BCUT2D eigenvalue weighted by Gasteiger charge is -2.07. The molecule has 8 heteroatoms. The van der Waals surface area contributed by atoms with Gasteiger partial charge in [-0.05, 0) is 41.8 Å². The van der Waals surface area contributed by atoms with E-state index in [9.17, 15) is 17.6 Å². The number of aromatic nitrogens is 1. The van der Waals surface area contributed by atoms with Crippen molar-refractivity contribution in [3.8, 4) is 11.1 Å². The molecule has 1 heterocycles. The Morgan fingerprint density at radius 3 is 2.42 bits per heavy atom. The summed E-state index contributed by atoms with van der Waals surface area (Å²) in [6, 6.07) is 10.8. The smallest absolute Gasteiger partial charge is 0.240 e. The van der Waals surface area contributed by atoms with Crippen molar-refractivity contribution in [3.63, 3.8) is 0 Å². The molecule has 3 aromatic rings. The van der Waals surface area contributed by atoms with Crippen LogP contribution in [0.2, 0.25) is 0 Å². The van der Waals surface area contributed by atoms with E-state index in [4.69, 9.17) is 5.73 Å². The molecule has 0 unspecified atom stereocenters. The summed E-state index contributed by atoms with van der Waals surface area (Å²) in [7, 11) is -3.70. The number of H-pyrrole nitrogens is 1. The number of hydrogen-bond donors (Lipinski definition) is 3. The zero-order valence-electron chi connectivity index (χ0n) is 17.5. The molecule has 1 aliphatic carbocycles. The van der Waals surface area contributed by atoms with Crippen molar-refractivity contribution in [2.75, 3.05) is 6.54 Å². The molecule has 0 aliphatic heterocycles. The standard InChI is InChI=1S/C17H16FN3O3S.C6H12/c18-12-3-6-14-15(10-20-16(14)9-12)11-1-4-13(5-2-11)25(23,24)21-8-7-17(19)22;1-6-4-2-3-5-6/h1-6,9-10,20-21H,7-8H2,(H2,19,22);6H,2-5H2,1H3. The van der Waals surface area contributed by atoms with E-state index in [1.165, 1.54) is 49.9 Å². The number of rotatable bonds is 6. The average Bonchev–Trinajstić information content (AvgIpc) is 3.36. The minimum absolute atomic E-state index is 0.0482. The quantitative estimate of drug-likeness (QED) is 0.526. The Morgan fingerprint density at radius 1 is 1.16 bits per heavy atom. The van der Waals surface area contributed by atoms with Gasteiger partial charge < -0.3 is 10.7 Å². The summed E-state index contributed by atoms with van der Waals surface area (Å²) >= 11 is 0. The van der Waals surface area contributed by atoms with Crippen LogP contribution in [0.4, 0.5) is 4.39 Å². The fourth-order valence-corrected chi connectivity index (χ4v) is 4.70. The maximum atomic E-state index is 13.3. The van der Waals surface area contributed by atoms with E-state index < -0.39 is 15.9 Å². The second-order valence-electron chi connectivity index (χ2n) is 7.92. The Hall–Kier alpha value is -2.71. The van der Waals surface area contributed by atoms with E-state index in [2.05, 4.69) is 16.6 Å². The van der Waals surface area contributed by atoms with Crippen LogP contribution in [0.1, 0.15) is 39.0 Å². The zero-order valence-corrected chi connectivity index (χ0v) is 18.3. The van der Waals surface area contributed by atoms with Crippen LogP contribution >= 0.6 is 0 Å². The lowest BCUT2D eigenvalue weighted by molar-refractivity contribution is -0.117. The number of amides is 1. The summed E-state index contributed by atoms with van der Waals surface area (Å²) in [5, 5.41) is 0.844. The first-order chi connectivity index (χ1) is 14.8. The summed E-state index contributed by atoms with van der Waals surface area (Å²) in [6.45, 7) is 2.29. The first-order valence-corrected chi connectivity index (χ1v) is 11.9. The molecule has 0 saturated heterocycles. The second kappa shape index (κ2) is 10.1. The van der Waals surface area contributed by atoms with Crippen molar-refractivity contribution in [1.29, 1.82) is 0 Å². The number of fused-ring (bicyclic) bond motifs is 1. The van der Waals surface area contributed by atoms with Gasteiger partial charge in [0.15, 0.2) is 0 Å². The van der Waals surface area contributed by atoms with Gasteiger partial charge in [0.25, 0.3) is 0 Å². The number of aromatic amines is 1. The van der Waals surface area contributed by atoms with Crippen LogP contribution in [-0.4, -0.2) is 25.9 Å². The van der Waals surface area contributed by atoms with Crippen LogP contribution in [0.5, 0.6) is 0 Å². The Bertz CT molecular complexity index is 1130. The molecule has 4 rings (SSSR count). The topological polar surface area (TPSA) is 105 Å². The second-order valence-corrected chi connectivity index (χ2v) is 9.69. The van der Waals surface area contributed by atoms with Crippen molar-refractivity contribution in [3.05, 3.63) is 54.5 Å². The normalized spacial score (nSPS) is 14.4. The van der Waals surface area contributed by atoms with E-state index in [0.717, 1.165) is 22.4 Å². The Labute approximate surface area is 182 Å². The fraction of sp³-hybridized carbons (Fsp3) is 0.348. The molecule has 0 radical (unpaired) electrons. The average molecular weight is 446 g/mol. The van der Waals surface area contributed by atoms with Gasteiger partial charge in [-0.25, -0.2) is 17.5 Å². The SMILES string of the molecule is CC1CCCC1.NC(=O)CCNS(=O)(=O)c1ccc(-c2c[nH]c3cc(F)ccc23)cc1. The van der Waals surface area contributed by atoms with Crippen molar-refractivity contribution < 1.29 is 17.6 Å². The highest BCUT2D eigenvalue weighted by Gasteiger charge is 2.15. The van der Waals surface area contributed by atoms with Crippen LogP contribution < -0.4 is 10.5 Å². The molecule has 0 atom stereocenters. The number of hydrogen-bond acceptors (Lipinski definition) is 3. The van der Waals surface area contributed by atoms with Crippen molar-refractivity contribution in [2.45, 2.75) is 43.9 Å². The summed E-state index contributed by atoms with van der Waals surface area (Å²) in [5.74, 6) is 0.142. The van der Waals surface area contributed by atoms with E-state index in [1.807, 2.05) is 0 Å². The maximum Gasteiger partial charge on any atom is 0.240 e. The predicted molar refractivity (Wildman–Crippen MR) is 120 cm³/mol. The van der Waals surface area contributed by atoms with Gasteiger partial charge in [-0.15, -0.1) is 0 Å². The summed E-state index contributed by atoms with van der Waals surface area (Å²) in [4.78, 5) is 13.8. The van der Waals surface area contributed by atoms with Gasteiger partial charge in [0.2, 0.25) is 15.9 Å². The molecule has 1 fully saturated rings. The van der Waals surface area contributed by atoms with E-state index in [-0.39, 0.29) is 23.7 Å². The monoisotopic (exact) mass is 445 g/mol. The van der Waals surface area contributed by atoms with E-state index in [1.54, 1.807) is 24.4 Å². The molecule has 6 nitrogen and oxygen atoms in total. The first-order valence-electron chi connectivity index (χ1n) is 10.4. The highest BCUT2D eigenvalue weighted by atomic mass is 32.2. The highest BCUT2D eigenvalue weighted by molar-refractivity contribution is 7.89. The van der Waals surface area contributed by atoms with Crippen molar-refractivity contribution in [1.82, 2.24) is 9.71 Å². The third-order valence-corrected chi connectivity index (χ3v) is 6.90. The number of benzene rings is 2. The summed E-state index contributed by atoms with van der Waals surface area (Å²) < 4.78 is 39.9. The number of sulfonamides is 1. The van der Waals surface area contributed by atoms with Gasteiger partial charge in [0, 0.05) is 35.6 Å². The molecule has 1 amide bonds. The number of halogens is 1. The lowest BCUT2D eigenvalue weighted by Crippen LogP contribution is -2.28. The summed E-state index contributed by atoms with van der Waals surface area (Å²) in [6.07, 6.45) is 7.63. The number of nitrogens with one attached hydrogen (secondary N) is 2. The molecule has 166 valence electrons. The van der Waals surface area contributed by atoms with Crippen molar-refractivity contribution >= 4 is 26.8 Å². The Balaban J connectivity index is 0.000000391. The minimum atomic E-state index is -3.70. The molecule has 0 bridgehead atoms. The predicted octanol–water partition coefficient (Wildman–Crippen LogP) is 4.32. The molecule has 1 aliphatic rings. The van der Waals surface area contributed by atoms with Crippen LogP contribution in [0.15, 0.2) is 53.6 Å². The molecule has 4 N–H and O–H groups in total. The van der Waals surface area contributed by atoms with Crippen molar-refractivity contribution in [2.24, 2.45) is 11.7 Å². The number of nitrogens with two attached hydrogens (primary N) is 1. The molecule has 0 spiro atoms. The Morgan fingerprint density at radius 2 is 1.84 bits per heavy atom. The van der Waals surface area contributed by atoms with Gasteiger partial charge >= 0.3 is 0 Å². The lowest BCUT2D eigenvalue weighted by atomic mass is 10.1. The van der Waals surface area contributed by atoms with Gasteiger partial charge in [-0.3, -0.25) is 4.79 Å². The zero-order chi connectivity index (χ0) is 22.4. The number of carbonyl (C=O) groups is 1. The molecule has 2 aromatic carbocycles. The van der Waals surface area contributed by atoms with E-state index >= 15 is 0 Å². The van der Waals surface area contributed by atoms with Crippen LogP contribution in [0.25, 0.3) is 22.0 Å². The minimum Gasteiger partial charge on any atom is -0.370 e. The fourth-order valence-electron chi connectivity index (χ4n) is 3.67. The highest BCUT2D eigenvalue weighted by Crippen LogP contribution is 2.29. The van der Waals surface area contributed by atoms with Gasteiger partial charge in [0.1, 0.15) is 5.82 Å². The van der Waals surface area contributed by atoms with E-state index in [0.29, 0.717) is 5.52 Å². The summed E-state index contributed by atoms with van der Waals surface area (Å²) in [5.41, 5.74) is 7.30. The molecule has 1 saturated carbocycles. The van der Waals surface area contributed by atoms with Crippen LogP contribution in [0.3, 0.4) is 0 Å². The Kier molecular flexibility index (Phi) is 7.46. The largest absolute Gasteiger partial charge is 0.370 e. The van der Waals surface area contributed by atoms with Gasteiger partial charge in [-0.1, -0.05) is 44.7 Å². The van der Waals surface area contributed by atoms with Crippen LogP contribution in [-0.2, 0) is 14.8 Å². The molecular weight excluding hydrogens is 417 g/mol. The third kappa shape index (κ3) is 6.15. The number of primary amides is 1. The third-order valence-electron chi connectivity index (χ3n) is 5.43. The molecule has 1 aromatic heterocycles. The van der Waals surface area contributed by atoms with Gasteiger partial charge in [0.05, 0.1) is 4.90 Å².